The quantitative estimate of drug-likeness (QED) is 0.891. The van der Waals surface area contributed by atoms with Crippen LogP contribution < -0.4 is 5.32 Å². The Morgan fingerprint density at radius 1 is 1.38 bits per heavy atom. The lowest BCUT2D eigenvalue weighted by Gasteiger charge is -2.56. The number of nitrogens with one attached hydrogen (secondary N) is 1. The zero-order chi connectivity index (χ0) is 17.2. The van der Waals surface area contributed by atoms with Gasteiger partial charge in [-0.3, -0.25) is 0 Å². The van der Waals surface area contributed by atoms with Crippen LogP contribution in [0.2, 0.25) is 0 Å². The van der Waals surface area contributed by atoms with Gasteiger partial charge in [0.2, 0.25) is 0 Å². The van der Waals surface area contributed by atoms with Crippen molar-refractivity contribution in [2.24, 2.45) is 5.41 Å². The molecule has 2 fully saturated rings. The van der Waals surface area contributed by atoms with Crippen LogP contribution in [-0.2, 0) is 4.74 Å². The minimum atomic E-state index is -0.289. The number of aliphatic hydroxyl groups excluding tert-OH is 1. The number of carbonyl (C=O) groups is 1. The fourth-order valence-electron chi connectivity index (χ4n) is 4.04. The molecule has 24 heavy (non-hydrogen) atoms. The average Bonchev–Trinajstić information content (AvgIpc) is 2.62. The number of carbonyl (C=O) groups excluding carboxylic acids is 1. The molecule has 2 aliphatic rings. The highest BCUT2D eigenvalue weighted by molar-refractivity contribution is 5.74. The number of nitrogens with zero attached hydrogens (tertiary/aromatic N) is 1. The third-order valence-corrected chi connectivity index (χ3v) is 5.73. The number of piperidine rings is 1. The SMILES string of the molecule is CCO[C@@H]1C[C@@H](O)C12CCN(C(=O)N[C@H](C)c1ccccc1)CC2. The molecule has 0 aromatic heterocycles. The van der Waals surface area contributed by atoms with Gasteiger partial charge in [-0.1, -0.05) is 30.3 Å². The summed E-state index contributed by atoms with van der Waals surface area (Å²) in [7, 11) is 0. The van der Waals surface area contributed by atoms with Crippen LogP contribution >= 0.6 is 0 Å². The molecule has 1 heterocycles. The topological polar surface area (TPSA) is 61.8 Å². The molecular weight excluding hydrogens is 304 g/mol. The molecule has 0 unspecified atom stereocenters. The predicted molar refractivity (Wildman–Crippen MR) is 92.7 cm³/mol. The van der Waals surface area contributed by atoms with Crippen molar-refractivity contribution < 1.29 is 14.6 Å². The van der Waals surface area contributed by atoms with Crippen molar-refractivity contribution in [3.63, 3.8) is 0 Å². The number of benzene rings is 1. The van der Waals surface area contributed by atoms with Crippen LogP contribution in [0.25, 0.3) is 0 Å². The molecule has 5 heteroatoms. The predicted octanol–water partition coefficient (Wildman–Crippen LogP) is 2.71. The van der Waals surface area contributed by atoms with Gasteiger partial charge >= 0.3 is 6.03 Å². The monoisotopic (exact) mass is 332 g/mol. The third kappa shape index (κ3) is 3.15. The molecule has 2 amide bonds. The molecule has 132 valence electrons. The summed E-state index contributed by atoms with van der Waals surface area (Å²) in [5.41, 5.74) is 0.961. The van der Waals surface area contributed by atoms with E-state index in [1.54, 1.807) is 0 Å². The Bertz CT molecular complexity index is 553. The molecule has 1 aliphatic heterocycles. The molecule has 2 N–H and O–H groups in total. The van der Waals surface area contributed by atoms with Crippen LogP contribution in [0.3, 0.4) is 0 Å². The van der Waals surface area contributed by atoms with Gasteiger partial charge in [-0.15, -0.1) is 0 Å². The van der Waals surface area contributed by atoms with Gasteiger partial charge < -0.3 is 20.1 Å². The maximum atomic E-state index is 12.5. The molecule has 5 nitrogen and oxygen atoms in total. The number of urea groups is 1. The summed E-state index contributed by atoms with van der Waals surface area (Å²) in [4.78, 5) is 14.4. The molecule has 0 bridgehead atoms. The fraction of sp³-hybridized carbons (Fsp3) is 0.632. The van der Waals surface area contributed by atoms with E-state index in [1.807, 2.05) is 49.1 Å². The Hall–Kier alpha value is -1.59. The van der Waals surface area contributed by atoms with E-state index in [4.69, 9.17) is 4.74 Å². The second-order valence-electron chi connectivity index (χ2n) is 7.00. The van der Waals surface area contributed by atoms with Gasteiger partial charge in [0.05, 0.1) is 18.2 Å². The molecule has 0 radical (unpaired) electrons. The lowest BCUT2D eigenvalue weighted by atomic mass is 9.58. The Labute approximate surface area is 144 Å². The first-order valence-corrected chi connectivity index (χ1v) is 8.97. The van der Waals surface area contributed by atoms with Crippen molar-refractivity contribution in [1.29, 1.82) is 0 Å². The Morgan fingerprint density at radius 2 is 2.04 bits per heavy atom. The molecule has 1 aromatic carbocycles. The molecule has 1 aromatic rings. The van der Waals surface area contributed by atoms with Gasteiger partial charge in [-0.05, 0) is 32.3 Å². The highest BCUT2D eigenvalue weighted by Gasteiger charge is 2.56. The first-order valence-electron chi connectivity index (χ1n) is 8.97. The van der Waals surface area contributed by atoms with E-state index < -0.39 is 0 Å². The van der Waals surface area contributed by atoms with Crippen LogP contribution in [-0.4, -0.2) is 47.9 Å². The van der Waals surface area contributed by atoms with Crippen molar-refractivity contribution in [3.05, 3.63) is 35.9 Å². The standard InChI is InChI=1S/C19H28N2O3/c1-3-24-17-13-16(22)19(17)9-11-21(12-10-19)18(23)20-14(2)15-7-5-4-6-8-15/h4-8,14,16-17,22H,3,9-13H2,1-2H3,(H,20,23)/t14-,16-,17-/m1/s1. The van der Waals surface area contributed by atoms with Gasteiger partial charge in [0.25, 0.3) is 0 Å². The van der Waals surface area contributed by atoms with Crippen LogP contribution in [0.15, 0.2) is 30.3 Å². The Balaban J connectivity index is 1.54. The number of hydrogen-bond donors (Lipinski definition) is 2. The van der Waals surface area contributed by atoms with Crippen molar-refractivity contribution in [2.75, 3.05) is 19.7 Å². The van der Waals surface area contributed by atoms with Crippen molar-refractivity contribution >= 4 is 6.03 Å². The van der Waals surface area contributed by atoms with Crippen LogP contribution in [0.5, 0.6) is 0 Å². The van der Waals surface area contributed by atoms with Gasteiger partial charge in [-0.2, -0.15) is 0 Å². The van der Waals surface area contributed by atoms with E-state index in [0.717, 1.165) is 24.8 Å². The second kappa shape index (κ2) is 7.11. The number of rotatable bonds is 4. The molecule has 1 aliphatic carbocycles. The van der Waals surface area contributed by atoms with Gasteiger partial charge in [0.15, 0.2) is 0 Å². The highest BCUT2D eigenvalue weighted by Crippen LogP contribution is 2.50. The number of amides is 2. The molecule has 1 saturated carbocycles. The lowest BCUT2D eigenvalue weighted by Crippen LogP contribution is -2.63. The number of aliphatic hydroxyl groups is 1. The second-order valence-corrected chi connectivity index (χ2v) is 7.00. The first kappa shape index (κ1) is 17.2. The fourth-order valence-corrected chi connectivity index (χ4v) is 4.04. The largest absolute Gasteiger partial charge is 0.392 e. The molecular formula is C19H28N2O3. The molecule has 3 atom stereocenters. The first-order chi connectivity index (χ1) is 11.6. The van der Waals surface area contributed by atoms with Gasteiger partial charge in [0, 0.05) is 31.5 Å². The van der Waals surface area contributed by atoms with Crippen molar-refractivity contribution in [1.82, 2.24) is 10.2 Å². The summed E-state index contributed by atoms with van der Waals surface area (Å²) in [6.07, 6.45) is 2.21. The van der Waals surface area contributed by atoms with Gasteiger partial charge in [0.1, 0.15) is 0 Å². The van der Waals surface area contributed by atoms with E-state index in [9.17, 15) is 9.90 Å². The van der Waals surface area contributed by atoms with E-state index in [-0.39, 0.29) is 29.7 Å². The summed E-state index contributed by atoms with van der Waals surface area (Å²) in [6.45, 7) is 6.02. The Morgan fingerprint density at radius 3 is 2.62 bits per heavy atom. The Kier molecular flexibility index (Phi) is 5.11. The lowest BCUT2D eigenvalue weighted by molar-refractivity contribution is -0.207. The van der Waals surface area contributed by atoms with Crippen molar-refractivity contribution in [2.45, 2.75) is 51.4 Å². The van der Waals surface area contributed by atoms with Crippen LogP contribution in [0, 0.1) is 5.41 Å². The van der Waals surface area contributed by atoms with Crippen LogP contribution in [0.4, 0.5) is 4.79 Å². The van der Waals surface area contributed by atoms with E-state index in [1.165, 1.54) is 0 Å². The molecule has 3 rings (SSSR count). The summed E-state index contributed by atoms with van der Waals surface area (Å²) < 4.78 is 5.78. The number of ether oxygens (including phenoxy) is 1. The number of hydrogen-bond acceptors (Lipinski definition) is 3. The highest BCUT2D eigenvalue weighted by atomic mass is 16.5. The summed E-state index contributed by atoms with van der Waals surface area (Å²) >= 11 is 0. The van der Waals surface area contributed by atoms with Gasteiger partial charge in [-0.25, -0.2) is 4.79 Å². The summed E-state index contributed by atoms with van der Waals surface area (Å²) in [6, 6.07) is 9.94. The minimum Gasteiger partial charge on any atom is -0.392 e. The minimum absolute atomic E-state index is 0.0138. The zero-order valence-corrected chi connectivity index (χ0v) is 14.6. The molecule has 1 saturated heterocycles. The normalized spacial score (nSPS) is 26.7. The average molecular weight is 332 g/mol. The smallest absolute Gasteiger partial charge is 0.317 e. The summed E-state index contributed by atoms with van der Waals surface area (Å²) in [5, 5.41) is 13.3. The maximum Gasteiger partial charge on any atom is 0.317 e. The molecule has 1 spiro atoms. The van der Waals surface area contributed by atoms with E-state index in [0.29, 0.717) is 19.7 Å². The zero-order valence-electron chi connectivity index (χ0n) is 14.6. The van der Waals surface area contributed by atoms with E-state index >= 15 is 0 Å². The van der Waals surface area contributed by atoms with E-state index in [2.05, 4.69) is 5.32 Å². The third-order valence-electron chi connectivity index (χ3n) is 5.73. The van der Waals surface area contributed by atoms with Crippen LogP contribution in [0.1, 0.15) is 44.7 Å². The van der Waals surface area contributed by atoms with Crippen molar-refractivity contribution in [3.8, 4) is 0 Å². The summed E-state index contributed by atoms with van der Waals surface area (Å²) in [5.74, 6) is 0. The maximum absolute atomic E-state index is 12.5. The number of likely N-dealkylation sites (tertiary alicyclic amines) is 1.